The van der Waals surface area contributed by atoms with E-state index < -0.39 is 10.0 Å². The second-order valence-electron chi connectivity index (χ2n) is 4.65. The molecule has 7 nitrogen and oxygen atoms in total. The van der Waals surface area contributed by atoms with Crippen molar-refractivity contribution in [3.8, 4) is 5.88 Å². The average molecular weight is 345 g/mol. The Kier molecular flexibility index (Phi) is 5.05. The van der Waals surface area contributed by atoms with Gasteiger partial charge in [0.15, 0.2) is 0 Å². The lowest BCUT2D eigenvalue weighted by molar-refractivity contribution is 0.396. The van der Waals surface area contributed by atoms with Gasteiger partial charge in [-0.3, -0.25) is 4.68 Å². The van der Waals surface area contributed by atoms with E-state index in [0.29, 0.717) is 18.0 Å². The molecule has 0 spiro atoms. The van der Waals surface area contributed by atoms with Crippen LogP contribution in [0, 0.1) is 6.92 Å². The van der Waals surface area contributed by atoms with Gasteiger partial charge in [-0.15, -0.1) is 0 Å². The SMILES string of the molecule is COc1cccc(CCNS(=O)(=O)c2c(C)nn(C)c2Cl)n1. The van der Waals surface area contributed by atoms with Gasteiger partial charge in [-0.25, -0.2) is 18.1 Å². The smallest absolute Gasteiger partial charge is 0.245 e. The van der Waals surface area contributed by atoms with E-state index in [1.807, 2.05) is 0 Å². The molecule has 0 bridgehead atoms. The molecule has 0 aliphatic carbocycles. The number of nitrogens with zero attached hydrogens (tertiary/aromatic N) is 3. The van der Waals surface area contributed by atoms with Crippen molar-refractivity contribution in [1.82, 2.24) is 19.5 Å². The van der Waals surface area contributed by atoms with Gasteiger partial charge in [-0.1, -0.05) is 17.7 Å². The zero-order valence-electron chi connectivity index (χ0n) is 12.5. The van der Waals surface area contributed by atoms with E-state index in [1.54, 1.807) is 32.2 Å². The summed E-state index contributed by atoms with van der Waals surface area (Å²) in [6.07, 6.45) is 0.438. The van der Waals surface area contributed by atoms with Gasteiger partial charge in [0, 0.05) is 31.8 Å². The number of pyridine rings is 1. The van der Waals surface area contributed by atoms with Crippen molar-refractivity contribution in [2.75, 3.05) is 13.7 Å². The number of rotatable bonds is 6. The number of nitrogens with one attached hydrogen (secondary N) is 1. The molecule has 0 unspecified atom stereocenters. The van der Waals surface area contributed by atoms with E-state index in [1.165, 1.54) is 11.8 Å². The molecule has 0 saturated heterocycles. The van der Waals surface area contributed by atoms with E-state index in [0.717, 1.165) is 5.69 Å². The number of hydrogen-bond donors (Lipinski definition) is 1. The Morgan fingerprint density at radius 2 is 2.14 bits per heavy atom. The molecular formula is C13H17ClN4O3S. The van der Waals surface area contributed by atoms with Crippen LogP contribution in [0.15, 0.2) is 23.1 Å². The molecule has 2 aromatic heterocycles. The molecule has 0 aromatic carbocycles. The molecule has 0 saturated carbocycles. The fraction of sp³-hybridized carbons (Fsp3) is 0.385. The summed E-state index contributed by atoms with van der Waals surface area (Å²) in [4.78, 5) is 4.23. The van der Waals surface area contributed by atoms with Crippen LogP contribution >= 0.6 is 11.6 Å². The summed E-state index contributed by atoms with van der Waals surface area (Å²) in [5, 5.41) is 4.09. The van der Waals surface area contributed by atoms with Crippen molar-refractivity contribution in [2.24, 2.45) is 7.05 Å². The monoisotopic (exact) mass is 344 g/mol. The summed E-state index contributed by atoms with van der Waals surface area (Å²) < 4.78 is 33.5. The van der Waals surface area contributed by atoms with Crippen LogP contribution in [0.2, 0.25) is 5.15 Å². The molecule has 1 N–H and O–H groups in total. The van der Waals surface area contributed by atoms with Gasteiger partial charge in [-0.2, -0.15) is 5.10 Å². The lowest BCUT2D eigenvalue weighted by Gasteiger charge is -2.07. The average Bonchev–Trinajstić information content (AvgIpc) is 2.72. The fourth-order valence-corrected chi connectivity index (χ4v) is 3.79. The second kappa shape index (κ2) is 6.64. The molecule has 2 heterocycles. The third kappa shape index (κ3) is 3.57. The van der Waals surface area contributed by atoms with Gasteiger partial charge in [-0.05, 0) is 13.0 Å². The number of sulfonamides is 1. The Morgan fingerprint density at radius 3 is 2.73 bits per heavy atom. The number of ether oxygens (including phenoxy) is 1. The number of methoxy groups -OCH3 is 1. The van der Waals surface area contributed by atoms with Crippen molar-refractivity contribution in [2.45, 2.75) is 18.2 Å². The zero-order chi connectivity index (χ0) is 16.3. The quantitative estimate of drug-likeness (QED) is 0.853. The first kappa shape index (κ1) is 16.7. The van der Waals surface area contributed by atoms with Gasteiger partial charge in [0.05, 0.1) is 12.8 Å². The standard InChI is InChI=1S/C13H17ClN4O3S/c1-9-12(13(14)18(2)17-9)22(19,20)15-8-7-10-5-4-6-11(16-10)21-3/h4-6,15H,7-8H2,1-3H3. The van der Waals surface area contributed by atoms with Crippen molar-refractivity contribution in [3.63, 3.8) is 0 Å². The van der Waals surface area contributed by atoms with Crippen LogP contribution in [0.4, 0.5) is 0 Å². The maximum absolute atomic E-state index is 12.3. The summed E-state index contributed by atoms with van der Waals surface area (Å²) in [6.45, 7) is 1.80. The van der Waals surface area contributed by atoms with Crippen LogP contribution in [0.3, 0.4) is 0 Å². The van der Waals surface area contributed by atoms with Crippen LogP contribution < -0.4 is 9.46 Å². The summed E-state index contributed by atoms with van der Waals surface area (Å²) in [5.74, 6) is 0.492. The lowest BCUT2D eigenvalue weighted by Crippen LogP contribution is -2.26. The molecule has 22 heavy (non-hydrogen) atoms. The van der Waals surface area contributed by atoms with Crippen molar-refractivity contribution in [1.29, 1.82) is 0 Å². The molecule has 2 aromatic rings. The molecule has 9 heteroatoms. The summed E-state index contributed by atoms with van der Waals surface area (Å²) in [7, 11) is -0.589. The highest BCUT2D eigenvalue weighted by molar-refractivity contribution is 7.89. The lowest BCUT2D eigenvalue weighted by atomic mass is 10.3. The molecule has 0 radical (unpaired) electrons. The molecule has 0 amide bonds. The minimum absolute atomic E-state index is 0.00951. The van der Waals surface area contributed by atoms with Crippen LogP contribution in [0.1, 0.15) is 11.4 Å². The predicted molar refractivity (Wildman–Crippen MR) is 82.6 cm³/mol. The highest BCUT2D eigenvalue weighted by Crippen LogP contribution is 2.23. The fourth-order valence-electron chi connectivity index (χ4n) is 2.01. The summed E-state index contributed by atoms with van der Waals surface area (Å²) in [5.41, 5.74) is 1.09. The summed E-state index contributed by atoms with van der Waals surface area (Å²) >= 11 is 5.99. The number of halogens is 1. The molecule has 2 rings (SSSR count). The number of aryl methyl sites for hydroxylation is 2. The largest absolute Gasteiger partial charge is 0.481 e. The number of aromatic nitrogens is 3. The minimum Gasteiger partial charge on any atom is -0.481 e. The van der Waals surface area contributed by atoms with E-state index in [4.69, 9.17) is 16.3 Å². The van der Waals surface area contributed by atoms with Gasteiger partial charge >= 0.3 is 0 Å². The topological polar surface area (TPSA) is 86.1 Å². The Balaban J connectivity index is 2.07. The maximum atomic E-state index is 12.3. The molecular weight excluding hydrogens is 328 g/mol. The Bertz CT molecular complexity index is 774. The van der Waals surface area contributed by atoms with E-state index in [2.05, 4.69) is 14.8 Å². The highest BCUT2D eigenvalue weighted by atomic mass is 35.5. The van der Waals surface area contributed by atoms with Crippen LogP contribution in [0.25, 0.3) is 0 Å². The third-order valence-corrected chi connectivity index (χ3v) is 5.19. The van der Waals surface area contributed by atoms with Crippen LogP contribution in [0.5, 0.6) is 5.88 Å². The molecule has 0 atom stereocenters. The van der Waals surface area contributed by atoms with Crippen molar-refractivity contribution >= 4 is 21.6 Å². The van der Waals surface area contributed by atoms with Crippen LogP contribution in [-0.4, -0.2) is 36.8 Å². The second-order valence-corrected chi connectivity index (χ2v) is 6.71. The van der Waals surface area contributed by atoms with Gasteiger partial charge in [0.1, 0.15) is 10.0 Å². The molecule has 120 valence electrons. The Morgan fingerprint density at radius 1 is 1.41 bits per heavy atom. The first-order valence-electron chi connectivity index (χ1n) is 6.54. The first-order chi connectivity index (χ1) is 10.3. The van der Waals surface area contributed by atoms with E-state index >= 15 is 0 Å². The first-order valence-corrected chi connectivity index (χ1v) is 8.40. The Hall–Kier alpha value is -1.64. The van der Waals surface area contributed by atoms with E-state index in [9.17, 15) is 8.42 Å². The zero-order valence-corrected chi connectivity index (χ0v) is 14.1. The Labute approximate surface area is 134 Å². The minimum atomic E-state index is -3.71. The maximum Gasteiger partial charge on any atom is 0.245 e. The molecule has 0 fully saturated rings. The predicted octanol–water partition coefficient (Wildman–Crippen LogP) is 1.31. The summed E-state index contributed by atoms with van der Waals surface area (Å²) in [6, 6.07) is 5.34. The van der Waals surface area contributed by atoms with Crippen molar-refractivity contribution < 1.29 is 13.2 Å². The van der Waals surface area contributed by atoms with Crippen molar-refractivity contribution in [3.05, 3.63) is 34.7 Å². The van der Waals surface area contributed by atoms with Crippen LogP contribution in [-0.2, 0) is 23.5 Å². The van der Waals surface area contributed by atoms with Gasteiger partial charge in [0.2, 0.25) is 15.9 Å². The third-order valence-electron chi connectivity index (χ3n) is 3.03. The molecule has 0 aliphatic rings. The van der Waals surface area contributed by atoms with Gasteiger partial charge < -0.3 is 4.74 Å². The normalized spacial score (nSPS) is 11.6. The molecule has 0 aliphatic heterocycles. The number of hydrogen-bond acceptors (Lipinski definition) is 5. The van der Waals surface area contributed by atoms with E-state index in [-0.39, 0.29) is 16.6 Å². The highest BCUT2D eigenvalue weighted by Gasteiger charge is 2.24. The van der Waals surface area contributed by atoms with Gasteiger partial charge in [0.25, 0.3) is 0 Å².